The van der Waals surface area contributed by atoms with Gasteiger partial charge < -0.3 is 24.3 Å². The zero-order chi connectivity index (χ0) is 29.9. The molecule has 5 atom stereocenters. The molecule has 40 heavy (non-hydrogen) atoms. The van der Waals surface area contributed by atoms with Gasteiger partial charge in [-0.3, -0.25) is 43.6 Å². The Kier molecular flexibility index (Phi) is 8.76. The number of carbonyl (C=O) groups excluding carboxylic acids is 5. The molecule has 0 unspecified atom stereocenters. The summed E-state index contributed by atoms with van der Waals surface area (Å²) < 4.78 is 62.1. The van der Waals surface area contributed by atoms with E-state index >= 15 is 0 Å². The number of nitrogens with one attached hydrogen (secondary N) is 3. The molecule has 0 aromatic carbocycles. The van der Waals surface area contributed by atoms with E-state index in [2.05, 4.69) is 20.3 Å². The summed E-state index contributed by atoms with van der Waals surface area (Å²) in [6.45, 7) is 3.38. The van der Waals surface area contributed by atoms with E-state index in [1.807, 2.05) is 0 Å². The van der Waals surface area contributed by atoms with Gasteiger partial charge in [-0.15, -0.1) is 0 Å². The molecule has 1 fully saturated rings. The highest BCUT2D eigenvalue weighted by molar-refractivity contribution is 5.87. The number of aromatic nitrogens is 4. The number of H-pyrrole nitrogens is 1. The van der Waals surface area contributed by atoms with Gasteiger partial charge in [0.25, 0.3) is 5.56 Å². The summed E-state index contributed by atoms with van der Waals surface area (Å²) in [7, 11) is 0. The molecule has 19 heteroatoms. The van der Waals surface area contributed by atoms with Crippen molar-refractivity contribution in [3.8, 4) is 0 Å². The quantitative estimate of drug-likeness (QED) is 0.280. The number of amides is 2. The molecule has 0 spiro atoms. The smallest absolute Gasteiger partial charge is 0.463 e. The van der Waals surface area contributed by atoms with Crippen LogP contribution >= 0.6 is 0 Å². The first-order valence-electron chi connectivity index (χ1n) is 11.3. The predicted octanol–water partition coefficient (Wildman–Crippen LogP) is -0.551. The number of rotatable bonds is 7. The average molecular weight is 576 g/mol. The van der Waals surface area contributed by atoms with E-state index in [1.165, 1.54) is 0 Å². The largest absolute Gasteiger partial charge is 0.471 e. The first kappa shape index (κ1) is 30.0. The van der Waals surface area contributed by atoms with Crippen LogP contribution in [0.4, 0.5) is 19.1 Å². The number of halogens is 3. The predicted molar refractivity (Wildman–Crippen MR) is 122 cm³/mol. The summed E-state index contributed by atoms with van der Waals surface area (Å²) in [6, 6.07) is -1.95. The van der Waals surface area contributed by atoms with Crippen LogP contribution in [0.15, 0.2) is 11.1 Å². The Labute approximate surface area is 221 Å². The third-order valence-electron chi connectivity index (χ3n) is 5.28. The van der Waals surface area contributed by atoms with Gasteiger partial charge in [0.15, 0.2) is 29.6 Å². The minimum absolute atomic E-state index is 0.331. The van der Waals surface area contributed by atoms with Crippen molar-refractivity contribution in [2.75, 3.05) is 11.9 Å². The number of hydrogen-bond acceptors (Lipinski definition) is 12. The summed E-state index contributed by atoms with van der Waals surface area (Å²) >= 11 is 0. The second-order valence-electron chi connectivity index (χ2n) is 8.43. The van der Waals surface area contributed by atoms with Crippen molar-refractivity contribution in [3.63, 3.8) is 0 Å². The molecule has 16 nitrogen and oxygen atoms in total. The van der Waals surface area contributed by atoms with Gasteiger partial charge in [0.1, 0.15) is 18.8 Å². The van der Waals surface area contributed by atoms with Crippen LogP contribution < -0.4 is 16.2 Å². The van der Waals surface area contributed by atoms with Crippen LogP contribution in [0.1, 0.15) is 33.9 Å². The van der Waals surface area contributed by atoms with Gasteiger partial charge in [-0.05, 0) is 0 Å². The van der Waals surface area contributed by atoms with E-state index in [1.54, 1.807) is 5.32 Å². The Morgan fingerprint density at radius 3 is 2.23 bits per heavy atom. The third-order valence-corrected chi connectivity index (χ3v) is 5.28. The number of alkyl halides is 3. The Morgan fingerprint density at radius 1 is 1.05 bits per heavy atom. The van der Waals surface area contributed by atoms with Crippen molar-refractivity contribution in [1.29, 1.82) is 0 Å². The van der Waals surface area contributed by atoms with Gasteiger partial charge in [0.05, 0.1) is 6.33 Å². The van der Waals surface area contributed by atoms with E-state index < -0.39 is 78.6 Å². The summed E-state index contributed by atoms with van der Waals surface area (Å²) in [6.07, 6.45) is -11.3. The molecule has 0 radical (unpaired) electrons. The fourth-order valence-electron chi connectivity index (χ4n) is 3.88. The van der Waals surface area contributed by atoms with Crippen molar-refractivity contribution < 1.29 is 56.1 Å². The van der Waals surface area contributed by atoms with Crippen molar-refractivity contribution in [1.82, 2.24) is 24.8 Å². The highest BCUT2D eigenvalue weighted by Crippen LogP contribution is 2.34. The van der Waals surface area contributed by atoms with Crippen molar-refractivity contribution in [2.24, 2.45) is 0 Å². The summed E-state index contributed by atoms with van der Waals surface area (Å²) in [5, 5.41) is 3.91. The lowest BCUT2D eigenvalue weighted by molar-refractivity contribution is -0.239. The van der Waals surface area contributed by atoms with Gasteiger partial charge in [0.2, 0.25) is 11.9 Å². The molecule has 218 valence electrons. The molecule has 1 aliphatic rings. The topological polar surface area (TPSA) is 210 Å². The maximum Gasteiger partial charge on any atom is 0.471 e. The lowest BCUT2D eigenvalue weighted by atomic mass is 9.94. The lowest BCUT2D eigenvalue weighted by Crippen LogP contribution is -2.65. The fraction of sp³-hybridized carbons (Fsp3) is 0.524. The molecule has 2 aromatic heterocycles. The molecule has 3 heterocycles. The Balaban J connectivity index is 2.23. The first-order valence-corrected chi connectivity index (χ1v) is 11.3. The highest BCUT2D eigenvalue weighted by Gasteiger charge is 2.54. The first-order chi connectivity index (χ1) is 18.6. The number of esters is 3. The number of ether oxygens (including phenoxy) is 4. The molecule has 1 saturated heterocycles. The van der Waals surface area contributed by atoms with E-state index in [0.717, 1.165) is 38.6 Å². The number of imidazole rings is 1. The van der Waals surface area contributed by atoms with Crippen molar-refractivity contribution in [3.05, 3.63) is 16.7 Å². The van der Waals surface area contributed by atoms with Crippen molar-refractivity contribution >= 4 is 46.8 Å². The minimum Gasteiger partial charge on any atom is -0.463 e. The monoisotopic (exact) mass is 576 g/mol. The van der Waals surface area contributed by atoms with E-state index in [0.29, 0.717) is 0 Å². The fourth-order valence-corrected chi connectivity index (χ4v) is 3.88. The van der Waals surface area contributed by atoms with Crippen LogP contribution in [0.25, 0.3) is 11.2 Å². The molecule has 3 rings (SSSR count). The van der Waals surface area contributed by atoms with Crippen LogP contribution in [-0.4, -0.2) is 86.4 Å². The van der Waals surface area contributed by atoms with Crippen LogP contribution in [0.3, 0.4) is 0 Å². The normalized spacial score (nSPS) is 22.7. The number of carbonyl (C=O) groups is 5. The van der Waals surface area contributed by atoms with Gasteiger partial charge in [-0.25, -0.2) is 4.98 Å². The minimum atomic E-state index is -5.41. The van der Waals surface area contributed by atoms with E-state index in [9.17, 15) is 41.9 Å². The van der Waals surface area contributed by atoms with Crippen LogP contribution in [0, 0.1) is 0 Å². The molecular formula is C21H23F3N6O10. The molecule has 0 saturated carbocycles. The second-order valence-corrected chi connectivity index (χ2v) is 8.43. The third kappa shape index (κ3) is 6.90. The van der Waals surface area contributed by atoms with Gasteiger partial charge in [-0.2, -0.15) is 18.2 Å². The summed E-state index contributed by atoms with van der Waals surface area (Å²) in [5.41, 5.74) is -1.53. The Morgan fingerprint density at radius 2 is 1.68 bits per heavy atom. The van der Waals surface area contributed by atoms with Crippen LogP contribution in [-0.2, 0) is 42.9 Å². The zero-order valence-electron chi connectivity index (χ0n) is 21.2. The molecule has 2 aromatic rings. The standard InChI is InChI=1S/C21H23F3N6O10/c1-7(31)26-20-28-16-13(17(35)29-20)25-6-30(16)18-12(27-19(36)21(22,23)24)15(39-10(4)34)14(38-9(3)33)11(40-18)5-37-8(2)32/h6,11-12,14-15,18H,5H2,1-4H3,(H,27,36)(H2,26,28,29,31,35)/t11-,12+,14-,15-,18-/m1/s1. The molecule has 2 amide bonds. The maximum atomic E-state index is 13.3. The molecule has 0 bridgehead atoms. The zero-order valence-corrected chi connectivity index (χ0v) is 21.2. The second kappa shape index (κ2) is 11.7. The molecule has 1 aliphatic heterocycles. The number of anilines is 1. The summed E-state index contributed by atoms with van der Waals surface area (Å²) in [4.78, 5) is 81.6. The van der Waals surface area contributed by atoms with Gasteiger partial charge in [0, 0.05) is 27.7 Å². The average Bonchev–Trinajstić information content (AvgIpc) is 3.23. The Hall–Kier alpha value is -4.55. The molecule has 3 N–H and O–H groups in total. The van der Waals surface area contributed by atoms with E-state index in [-0.39, 0.29) is 17.1 Å². The van der Waals surface area contributed by atoms with E-state index in [4.69, 9.17) is 18.9 Å². The summed E-state index contributed by atoms with van der Waals surface area (Å²) in [5.74, 6) is -6.28. The Bertz CT molecular complexity index is 1390. The van der Waals surface area contributed by atoms with Gasteiger partial charge in [-0.1, -0.05) is 0 Å². The van der Waals surface area contributed by atoms with Crippen molar-refractivity contribution in [2.45, 2.75) is 64.5 Å². The number of aromatic amines is 1. The molecule has 0 aliphatic carbocycles. The maximum absolute atomic E-state index is 13.3. The highest BCUT2D eigenvalue weighted by atomic mass is 19.4. The SMILES string of the molecule is CC(=O)Nc1nc2c(ncn2[C@@H]2O[C@H](COC(C)=O)[C@@H](OC(C)=O)[C@H](OC(C)=O)[C@@H]2NC(=O)C(F)(F)F)c(=O)[nH]1. The van der Waals surface area contributed by atoms with Gasteiger partial charge >= 0.3 is 30.0 Å². The number of nitrogens with zero attached hydrogens (tertiary/aromatic N) is 3. The number of fused-ring (bicyclic) bond motifs is 1. The van der Waals surface area contributed by atoms with Crippen LogP contribution in [0.5, 0.6) is 0 Å². The van der Waals surface area contributed by atoms with Crippen LogP contribution in [0.2, 0.25) is 0 Å². The number of hydrogen-bond donors (Lipinski definition) is 3. The lowest BCUT2D eigenvalue weighted by Gasteiger charge is -2.45. The molecular weight excluding hydrogens is 553 g/mol.